The second-order valence-electron chi connectivity index (χ2n) is 5.82. The van der Waals surface area contributed by atoms with Crippen LogP contribution in [0.5, 0.6) is 0 Å². The summed E-state index contributed by atoms with van der Waals surface area (Å²) in [6.45, 7) is 7.30. The summed E-state index contributed by atoms with van der Waals surface area (Å²) < 4.78 is 10.2. The molecule has 0 aliphatic heterocycles. The zero-order chi connectivity index (χ0) is 18.7. The summed E-state index contributed by atoms with van der Waals surface area (Å²) in [5.74, 6) is 4.57. The Balaban J connectivity index is 3.15. The molecule has 0 bridgehead atoms. The largest absolute Gasteiger partial charge is 0.465 e. The van der Waals surface area contributed by atoms with Crippen LogP contribution in [0.15, 0.2) is 23.8 Å². The number of carbonyl (C=O) groups excluding carboxylic acids is 3. The van der Waals surface area contributed by atoms with E-state index in [1.807, 2.05) is 0 Å². The van der Waals surface area contributed by atoms with E-state index in [0.29, 0.717) is 5.57 Å². The van der Waals surface area contributed by atoms with E-state index < -0.39 is 17.4 Å². The van der Waals surface area contributed by atoms with E-state index in [9.17, 15) is 14.4 Å². The topological polar surface area (TPSA) is 69.7 Å². The van der Waals surface area contributed by atoms with Gasteiger partial charge < -0.3 is 9.47 Å². The van der Waals surface area contributed by atoms with Crippen LogP contribution in [0.3, 0.4) is 0 Å². The Morgan fingerprint density at radius 3 is 2.28 bits per heavy atom. The van der Waals surface area contributed by atoms with Crippen LogP contribution in [-0.4, -0.2) is 31.4 Å². The normalized spacial score (nSPS) is 14.2. The number of rotatable bonds is 8. The Kier molecular flexibility index (Phi) is 8.69. The molecule has 5 heteroatoms. The lowest BCUT2D eigenvalue weighted by atomic mass is 9.81. The molecule has 0 aromatic carbocycles. The zero-order valence-electron chi connectivity index (χ0n) is 15.1. The number of ether oxygens (including phenoxy) is 2. The first kappa shape index (κ1) is 20.7. The molecule has 1 aliphatic carbocycles. The van der Waals surface area contributed by atoms with Gasteiger partial charge in [0.1, 0.15) is 6.29 Å². The summed E-state index contributed by atoms with van der Waals surface area (Å²) in [5.41, 5.74) is -0.0149. The standard InChI is InChI=1S/C20H26O5/c1-4-13-20(18(22)24-5-2,19(23)25-6-3)14-9-12-16-10-7-8-11-17(16)15-21/h4,15H,1,5-8,10-11,13-14H2,2-3H3. The van der Waals surface area contributed by atoms with Gasteiger partial charge in [0.15, 0.2) is 5.41 Å². The molecule has 0 unspecified atom stereocenters. The third kappa shape index (κ3) is 5.32. The van der Waals surface area contributed by atoms with E-state index in [1.54, 1.807) is 13.8 Å². The van der Waals surface area contributed by atoms with Crippen molar-refractivity contribution in [3.63, 3.8) is 0 Å². The maximum atomic E-state index is 12.5. The van der Waals surface area contributed by atoms with E-state index in [4.69, 9.17) is 9.47 Å². The van der Waals surface area contributed by atoms with Crippen LogP contribution in [0.25, 0.3) is 0 Å². The van der Waals surface area contributed by atoms with Crippen LogP contribution < -0.4 is 0 Å². The number of hydrogen-bond donors (Lipinski definition) is 0. The van der Waals surface area contributed by atoms with Crippen molar-refractivity contribution >= 4 is 18.2 Å². The Morgan fingerprint density at radius 1 is 1.16 bits per heavy atom. The lowest BCUT2D eigenvalue weighted by molar-refractivity contribution is -0.171. The van der Waals surface area contributed by atoms with Gasteiger partial charge in [0.2, 0.25) is 0 Å². The molecule has 0 spiro atoms. The molecule has 0 atom stereocenters. The highest BCUT2D eigenvalue weighted by atomic mass is 16.6. The third-order valence-corrected chi connectivity index (χ3v) is 4.11. The molecule has 5 nitrogen and oxygen atoms in total. The second kappa shape index (κ2) is 10.5. The molecule has 0 saturated heterocycles. The zero-order valence-corrected chi connectivity index (χ0v) is 15.1. The highest BCUT2D eigenvalue weighted by Crippen LogP contribution is 2.31. The molecule has 0 N–H and O–H groups in total. The number of allylic oxidation sites excluding steroid dienone is 3. The van der Waals surface area contributed by atoms with Crippen molar-refractivity contribution in [1.82, 2.24) is 0 Å². The lowest BCUT2D eigenvalue weighted by Crippen LogP contribution is -2.41. The minimum atomic E-state index is -1.52. The predicted molar refractivity (Wildman–Crippen MR) is 94.5 cm³/mol. The lowest BCUT2D eigenvalue weighted by Gasteiger charge is -2.26. The maximum Gasteiger partial charge on any atom is 0.324 e. The molecule has 0 heterocycles. The van der Waals surface area contributed by atoms with Gasteiger partial charge in [-0.2, -0.15) is 0 Å². The summed E-state index contributed by atoms with van der Waals surface area (Å²) in [6, 6.07) is 0. The van der Waals surface area contributed by atoms with Crippen LogP contribution >= 0.6 is 0 Å². The van der Waals surface area contributed by atoms with Gasteiger partial charge in [0, 0.05) is 17.6 Å². The Hall–Kier alpha value is -2.35. The molecular formula is C20H26O5. The number of hydrogen-bond acceptors (Lipinski definition) is 5. The molecule has 1 rings (SSSR count). The van der Waals surface area contributed by atoms with E-state index in [1.165, 1.54) is 6.08 Å². The third-order valence-electron chi connectivity index (χ3n) is 4.11. The highest BCUT2D eigenvalue weighted by molar-refractivity contribution is 6.00. The van der Waals surface area contributed by atoms with Crippen molar-refractivity contribution < 1.29 is 23.9 Å². The van der Waals surface area contributed by atoms with Gasteiger partial charge in [-0.3, -0.25) is 14.4 Å². The van der Waals surface area contributed by atoms with Crippen LogP contribution in [0, 0.1) is 17.3 Å². The predicted octanol–water partition coefficient (Wildman–Crippen LogP) is 3.14. The SMILES string of the molecule is C=CCC(CC#CC1=C(C=O)CCCC1)(C(=O)OCC)C(=O)OCC. The van der Waals surface area contributed by atoms with Crippen LogP contribution in [0.1, 0.15) is 52.4 Å². The summed E-state index contributed by atoms with van der Waals surface area (Å²) >= 11 is 0. The number of aldehydes is 1. The highest BCUT2D eigenvalue weighted by Gasteiger charge is 2.47. The molecule has 25 heavy (non-hydrogen) atoms. The summed E-state index contributed by atoms with van der Waals surface area (Å²) in [4.78, 5) is 36.1. The van der Waals surface area contributed by atoms with Crippen LogP contribution in [0.4, 0.5) is 0 Å². The van der Waals surface area contributed by atoms with Crippen molar-refractivity contribution in [3.8, 4) is 11.8 Å². The molecule has 0 aromatic heterocycles. The molecule has 0 fully saturated rings. The maximum absolute atomic E-state index is 12.5. The molecule has 0 radical (unpaired) electrons. The Labute approximate surface area is 149 Å². The fourth-order valence-electron chi connectivity index (χ4n) is 2.75. The van der Waals surface area contributed by atoms with Crippen LogP contribution in [0.2, 0.25) is 0 Å². The number of esters is 2. The molecule has 0 amide bonds. The molecule has 1 aliphatic rings. The van der Waals surface area contributed by atoms with Gasteiger partial charge in [0.25, 0.3) is 0 Å². The van der Waals surface area contributed by atoms with Gasteiger partial charge in [0.05, 0.1) is 13.2 Å². The Morgan fingerprint density at radius 2 is 1.76 bits per heavy atom. The van der Waals surface area contributed by atoms with E-state index >= 15 is 0 Å². The fraction of sp³-hybridized carbons (Fsp3) is 0.550. The molecule has 0 aromatic rings. The minimum absolute atomic E-state index is 0.0354. The van der Waals surface area contributed by atoms with E-state index in [0.717, 1.165) is 37.5 Å². The van der Waals surface area contributed by atoms with Crippen molar-refractivity contribution in [2.75, 3.05) is 13.2 Å². The van der Waals surface area contributed by atoms with E-state index in [-0.39, 0.29) is 26.1 Å². The summed E-state index contributed by atoms with van der Waals surface area (Å²) in [5, 5.41) is 0. The number of carbonyl (C=O) groups is 3. The summed E-state index contributed by atoms with van der Waals surface area (Å²) in [7, 11) is 0. The van der Waals surface area contributed by atoms with Crippen LogP contribution in [-0.2, 0) is 23.9 Å². The van der Waals surface area contributed by atoms with Gasteiger partial charge in [-0.25, -0.2) is 0 Å². The molecule has 136 valence electrons. The first-order valence-corrected chi connectivity index (χ1v) is 8.67. The second-order valence-corrected chi connectivity index (χ2v) is 5.82. The first-order chi connectivity index (χ1) is 12.1. The summed E-state index contributed by atoms with van der Waals surface area (Å²) in [6.07, 6.45) is 5.81. The fourth-order valence-corrected chi connectivity index (χ4v) is 2.75. The van der Waals surface area contributed by atoms with E-state index in [2.05, 4.69) is 18.4 Å². The van der Waals surface area contributed by atoms with Crippen molar-refractivity contribution in [2.45, 2.75) is 52.4 Å². The molecule has 0 saturated carbocycles. The first-order valence-electron chi connectivity index (χ1n) is 8.67. The van der Waals surface area contributed by atoms with Crippen molar-refractivity contribution in [1.29, 1.82) is 0 Å². The minimum Gasteiger partial charge on any atom is -0.465 e. The van der Waals surface area contributed by atoms with Gasteiger partial charge >= 0.3 is 11.9 Å². The van der Waals surface area contributed by atoms with Gasteiger partial charge in [-0.15, -0.1) is 6.58 Å². The average Bonchev–Trinajstić information content (AvgIpc) is 2.61. The van der Waals surface area contributed by atoms with Crippen molar-refractivity contribution in [3.05, 3.63) is 23.8 Å². The molecular weight excluding hydrogens is 320 g/mol. The smallest absolute Gasteiger partial charge is 0.324 e. The van der Waals surface area contributed by atoms with Gasteiger partial charge in [-0.1, -0.05) is 17.9 Å². The Bertz CT molecular complexity index is 585. The van der Waals surface area contributed by atoms with Gasteiger partial charge in [-0.05, 0) is 46.0 Å². The monoisotopic (exact) mass is 346 g/mol. The average molecular weight is 346 g/mol. The van der Waals surface area contributed by atoms with Crippen molar-refractivity contribution in [2.24, 2.45) is 5.41 Å². The quantitative estimate of drug-likeness (QED) is 0.222.